The van der Waals surface area contributed by atoms with E-state index in [9.17, 15) is 0 Å². The summed E-state index contributed by atoms with van der Waals surface area (Å²) in [6.07, 6.45) is 8.87. The van der Waals surface area contributed by atoms with Gasteiger partial charge in [0.25, 0.3) is 0 Å². The number of carboxylic acids is 2. The number of nitrogens with one attached hydrogen (secondary N) is 2. The topological polar surface area (TPSA) is 133 Å². The number of likely N-dealkylation sites (tertiary alicyclic amines) is 1. The number of hydrogen-bond acceptors (Lipinski definition) is 7. The van der Waals surface area contributed by atoms with Gasteiger partial charge in [0.15, 0.2) is 5.65 Å². The van der Waals surface area contributed by atoms with Crippen LogP contribution in [0.3, 0.4) is 0 Å². The molecule has 5 rings (SSSR count). The first kappa shape index (κ1) is 31.4. The summed E-state index contributed by atoms with van der Waals surface area (Å²) in [6.45, 7) is 13.3. The van der Waals surface area contributed by atoms with Gasteiger partial charge in [-0.2, -0.15) is 0 Å². The summed E-state index contributed by atoms with van der Waals surface area (Å²) in [5, 5.41) is 22.3. The third-order valence-corrected chi connectivity index (χ3v) is 8.35. The second-order valence-corrected chi connectivity index (χ2v) is 11.6. The Bertz CT molecular complexity index is 1310. The quantitative estimate of drug-likeness (QED) is 0.203. The number of imidazole rings is 1. The summed E-state index contributed by atoms with van der Waals surface area (Å²) in [6, 6.07) is 11.7. The van der Waals surface area contributed by atoms with Gasteiger partial charge in [-0.1, -0.05) is 19.1 Å². The lowest BCUT2D eigenvalue weighted by Gasteiger charge is -2.30. The lowest BCUT2D eigenvalue weighted by atomic mass is 9.86. The fourth-order valence-corrected chi connectivity index (χ4v) is 6.07. The maximum atomic E-state index is 9.10. The maximum Gasteiger partial charge on any atom is 0.414 e. The van der Waals surface area contributed by atoms with Crippen molar-refractivity contribution < 1.29 is 19.8 Å². The largest absolute Gasteiger partial charge is 0.473 e. The highest BCUT2D eigenvalue weighted by molar-refractivity contribution is 6.27. The van der Waals surface area contributed by atoms with Gasteiger partial charge in [0.1, 0.15) is 11.3 Å². The van der Waals surface area contributed by atoms with Crippen molar-refractivity contribution in [3.8, 4) is 0 Å². The number of hydrogen-bond donors (Lipinski definition) is 4. The van der Waals surface area contributed by atoms with E-state index in [2.05, 4.69) is 71.2 Å². The number of nitrogens with zero attached hydrogens (tertiary/aromatic N) is 4. The second kappa shape index (κ2) is 15.1. The van der Waals surface area contributed by atoms with Gasteiger partial charge in [0.05, 0.1) is 6.54 Å². The van der Waals surface area contributed by atoms with E-state index in [1.807, 2.05) is 0 Å². The van der Waals surface area contributed by atoms with E-state index in [4.69, 9.17) is 29.8 Å². The van der Waals surface area contributed by atoms with Crippen LogP contribution in [-0.4, -0.2) is 80.4 Å². The molecule has 3 aromatic rings. The Morgan fingerprint density at radius 1 is 0.976 bits per heavy atom. The number of aromatic nitrogens is 3. The van der Waals surface area contributed by atoms with E-state index < -0.39 is 11.9 Å². The molecule has 0 spiro atoms. The minimum Gasteiger partial charge on any atom is -0.473 e. The standard InChI is InChI=1S/C30H44N6.C2H2O4/c1-4-28-34-29-22(2)19-23(3)32-30(29)36(28)21-25-9-13-27(14-10-25)33-26-11-7-24(8-12-26)20-31-15-18-35-16-5-6-17-35;3-1(4)2(5)6/h9-10,13-14,19,24,26,31,33H,4-8,11-12,15-18,20-21H2,1-3H3;(H,3,4)(H,5,6). The molecule has 1 saturated carbocycles. The molecule has 1 aromatic carbocycles. The van der Waals surface area contributed by atoms with Crippen LogP contribution in [0.25, 0.3) is 11.2 Å². The van der Waals surface area contributed by atoms with Gasteiger partial charge < -0.3 is 30.3 Å². The Labute approximate surface area is 248 Å². The number of anilines is 1. The molecule has 2 aliphatic rings. The predicted molar refractivity (Wildman–Crippen MR) is 165 cm³/mol. The number of aliphatic carboxylic acids is 2. The van der Waals surface area contributed by atoms with E-state index in [1.165, 1.54) is 81.5 Å². The van der Waals surface area contributed by atoms with Crippen molar-refractivity contribution in [1.82, 2.24) is 24.8 Å². The molecule has 1 aliphatic carbocycles. The third kappa shape index (κ3) is 8.75. The summed E-state index contributed by atoms with van der Waals surface area (Å²) in [7, 11) is 0. The van der Waals surface area contributed by atoms with Gasteiger partial charge >= 0.3 is 11.9 Å². The third-order valence-electron chi connectivity index (χ3n) is 8.35. The molecule has 2 fully saturated rings. The van der Waals surface area contributed by atoms with Crippen molar-refractivity contribution in [2.75, 3.05) is 38.0 Å². The molecule has 0 bridgehead atoms. The fraction of sp³-hybridized carbons (Fsp3) is 0.562. The SMILES string of the molecule is CCc1nc2c(C)cc(C)nc2n1Cc1ccc(NC2CCC(CNCCN3CCCC3)CC2)cc1.O=C(O)C(=O)O. The molecule has 4 N–H and O–H groups in total. The average molecular weight is 579 g/mol. The second-order valence-electron chi connectivity index (χ2n) is 11.6. The van der Waals surface area contributed by atoms with E-state index in [1.54, 1.807) is 0 Å². The Balaban J connectivity index is 0.000000612. The molecule has 42 heavy (non-hydrogen) atoms. The van der Waals surface area contributed by atoms with Crippen LogP contribution in [0, 0.1) is 19.8 Å². The molecule has 0 radical (unpaired) electrons. The number of benzene rings is 1. The molecule has 3 heterocycles. The lowest BCUT2D eigenvalue weighted by Crippen LogP contribution is -2.35. The molecular formula is C32H46N6O4. The molecule has 0 atom stereocenters. The van der Waals surface area contributed by atoms with Crippen molar-refractivity contribution in [3.63, 3.8) is 0 Å². The van der Waals surface area contributed by atoms with E-state index >= 15 is 0 Å². The van der Waals surface area contributed by atoms with Crippen LogP contribution in [0.15, 0.2) is 30.3 Å². The first-order valence-corrected chi connectivity index (χ1v) is 15.3. The molecule has 0 unspecified atom stereocenters. The van der Waals surface area contributed by atoms with Crippen LogP contribution in [0.1, 0.15) is 68.1 Å². The number of rotatable bonds is 10. The van der Waals surface area contributed by atoms with E-state index in [0.29, 0.717) is 6.04 Å². The van der Waals surface area contributed by atoms with Crippen LogP contribution in [0.5, 0.6) is 0 Å². The van der Waals surface area contributed by atoms with Gasteiger partial charge in [-0.15, -0.1) is 0 Å². The summed E-state index contributed by atoms with van der Waals surface area (Å²) >= 11 is 0. The zero-order chi connectivity index (χ0) is 30.1. The lowest BCUT2D eigenvalue weighted by molar-refractivity contribution is -0.159. The normalized spacial score (nSPS) is 18.9. The molecule has 1 aliphatic heterocycles. The van der Waals surface area contributed by atoms with Crippen LogP contribution in [0.2, 0.25) is 0 Å². The molecule has 228 valence electrons. The Morgan fingerprint density at radius 2 is 1.64 bits per heavy atom. The van der Waals surface area contributed by atoms with Crippen molar-refractivity contribution in [2.45, 2.75) is 78.3 Å². The summed E-state index contributed by atoms with van der Waals surface area (Å²) in [4.78, 5) is 30.5. The molecule has 10 nitrogen and oxygen atoms in total. The van der Waals surface area contributed by atoms with Gasteiger partial charge in [0, 0.05) is 36.9 Å². The zero-order valence-corrected chi connectivity index (χ0v) is 25.2. The van der Waals surface area contributed by atoms with Crippen molar-refractivity contribution >= 4 is 28.8 Å². The molecule has 10 heteroatoms. The van der Waals surface area contributed by atoms with Gasteiger partial charge in [-0.25, -0.2) is 19.6 Å². The minimum absolute atomic E-state index is 0.594. The Kier molecular flexibility index (Phi) is 11.3. The van der Waals surface area contributed by atoms with Crippen molar-refractivity contribution in [1.29, 1.82) is 0 Å². The van der Waals surface area contributed by atoms with Crippen LogP contribution >= 0.6 is 0 Å². The highest BCUT2D eigenvalue weighted by Crippen LogP contribution is 2.27. The fourth-order valence-electron chi connectivity index (χ4n) is 6.07. The zero-order valence-electron chi connectivity index (χ0n) is 25.2. The van der Waals surface area contributed by atoms with Crippen LogP contribution in [0.4, 0.5) is 5.69 Å². The smallest absolute Gasteiger partial charge is 0.414 e. The van der Waals surface area contributed by atoms with Crippen molar-refractivity contribution in [2.24, 2.45) is 5.92 Å². The number of pyridine rings is 1. The van der Waals surface area contributed by atoms with Gasteiger partial charge in [0.2, 0.25) is 0 Å². The molecule has 0 amide bonds. The highest BCUT2D eigenvalue weighted by Gasteiger charge is 2.21. The number of carboxylic acid groups (broad SMARTS) is 2. The monoisotopic (exact) mass is 578 g/mol. The van der Waals surface area contributed by atoms with Crippen LogP contribution in [-0.2, 0) is 22.6 Å². The predicted octanol–water partition coefficient (Wildman–Crippen LogP) is 4.47. The average Bonchev–Trinajstić information content (AvgIpc) is 3.61. The molecule has 2 aromatic heterocycles. The van der Waals surface area contributed by atoms with Gasteiger partial charge in [-0.05, 0) is 107 Å². The summed E-state index contributed by atoms with van der Waals surface area (Å²) in [5.74, 6) is -1.71. The summed E-state index contributed by atoms with van der Waals surface area (Å²) < 4.78 is 2.29. The maximum absolute atomic E-state index is 9.10. The van der Waals surface area contributed by atoms with E-state index in [-0.39, 0.29) is 0 Å². The van der Waals surface area contributed by atoms with Crippen LogP contribution < -0.4 is 10.6 Å². The summed E-state index contributed by atoms with van der Waals surface area (Å²) in [5.41, 5.74) is 6.83. The molecule has 1 saturated heterocycles. The van der Waals surface area contributed by atoms with Gasteiger partial charge in [-0.3, -0.25) is 0 Å². The number of aryl methyl sites for hydroxylation is 3. The Hall–Kier alpha value is -3.50. The van der Waals surface area contributed by atoms with Crippen molar-refractivity contribution in [3.05, 3.63) is 53.0 Å². The first-order valence-electron chi connectivity index (χ1n) is 15.3. The Morgan fingerprint density at radius 3 is 2.26 bits per heavy atom. The first-order chi connectivity index (χ1) is 20.2. The minimum atomic E-state index is -1.82. The number of carbonyl (C=O) groups is 2. The molecular weight excluding hydrogens is 532 g/mol. The van der Waals surface area contributed by atoms with E-state index in [0.717, 1.165) is 48.1 Å². The number of fused-ring (bicyclic) bond motifs is 1. The highest BCUT2D eigenvalue weighted by atomic mass is 16.4.